The predicted octanol–water partition coefficient (Wildman–Crippen LogP) is 1.97. The van der Waals surface area contributed by atoms with Crippen LogP contribution in [0.5, 0.6) is 0 Å². The van der Waals surface area contributed by atoms with Crippen LogP contribution in [-0.4, -0.2) is 22.6 Å². The zero-order valence-electron chi connectivity index (χ0n) is 10.0. The second-order valence-corrected chi connectivity index (χ2v) is 6.08. The molecule has 1 aliphatic heterocycles. The third-order valence-electron chi connectivity index (χ3n) is 4.15. The van der Waals surface area contributed by atoms with E-state index in [0.29, 0.717) is 6.42 Å². The summed E-state index contributed by atoms with van der Waals surface area (Å²) >= 11 is 0. The number of carboxylic acids is 1. The molecule has 0 aromatic carbocycles. The van der Waals surface area contributed by atoms with Crippen LogP contribution in [0, 0.1) is 10.8 Å². The molecule has 2 aliphatic rings. The number of carbonyl (C=O) groups excluding carboxylic acids is 1. The summed E-state index contributed by atoms with van der Waals surface area (Å²) in [6, 6.07) is 0. The Labute approximate surface area is 95.0 Å². The molecule has 1 N–H and O–H groups in total. The first-order chi connectivity index (χ1) is 7.24. The van der Waals surface area contributed by atoms with Gasteiger partial charge in [-0.15, -0.1) is 0 Å². The van der Waals surface area contributed by atoms with Crippen LogP contribution in [-0.2, 0) is 14.3 Å². The highest BCUT2D eigenvalue weighted by molar-refractivity contribution is 5.90. The molecule has 1 unspecified atom stereocenters. The average molecular weight is 226 g/mol. The molecule has 4 nitrogen and oxygen atoms in total. The summed E-state index contributed by atoms with van der Waals surface area (Å²) in [6.45, 7) is 5.43. The quantitative estimate of drug-likeness (QED) is 0.694. The minimum atomic E-state index is -1.34. The highest BCUT2D eigenvalue weighted by Gasteiger charge is 2.66. The summed E-state index contributed by atoms with van der Waals surface area (Å²) in [5.74, 6) is -1.33. The van der Waals surface area contributed by atoms with Crippen LogP contribution in [0.1, 0.15) is 46.5 Å². The molecule has 0 bridgehead atoms. The van der Waals surface area contributed by atoms with Gasteiger partial charge in [-0.2, -0.15) is 0 Å². The lowest BCUT2D eigenvalue weighted by atomic mass is 9.61. The maximum Gasteiger partial charge on any atom is 0.348 e. The Kier molecular flexibility index (Phi) is 2.14. The molecule has 0 amide bonds. The molecular formula is C12H18O4. The number of carboxylic acid groups (broad SMARTS) is 1. The van der Waals surface area contributed by atoms with Gasteiger partial charge >= 0.3 is 11.9 Å². The van der Waals surface area contributed by atoms with Gasteiger partial charge in [-0.05, 0) is 12.8 Å². The van der Waals surface area contributed by atoms with Gasteiger partial charge < -0.3 is 9.84 Å². The first-order valence-electron chi connectivity index (χ1n) is 5.70. The highest BCUT2D eigenvalue weighted by atomic mass is 16.6. The summed E-state index contributed by atoms with van der Waals surface area (Å²) in [6.07, 6.45) is 2.88. The van der Waals surface area contributed by atoms with E-state index < -0.39 is 22.4 Å². The lowest BCUT2D eigenvalue weighted by Crippen LogP contribution is -2.50. The van der Waals surface area contributed by atoms with Crippen molar-refractivity contribution in [1.82, 2.24) is 0 Å². The fourth-order valence-corrected chi connectivity index (χ4v) is 2.69. The smallest absolute Gasteiger partial charge is 0.348 e. The molecule has 1 heterocycles. The van der Waals surface area contributed by atoms with Crippen molar-refractivity contribution in [1.29, 1.82) is 0 Å². The van der Waals surface area contributed by atoms with Crippen molar-refractivity contribution < 1.29 is 19.4 Å². The molecule has 1 spiro atoms. The summed E-state index contributed by atoms with van der Waals surface area (Å²) in [7, 11) is 0. The molecule has 2 rings (SSSR count). The molecule has 0 aromatic rings. The van der Waals surface area contributed by atoms with E-state index in [9.17, 15) is 14.7 Å². The molecule has 1 saturated heterocycles. The molecule has 1 atom stereocenters. The van der Waals surface area contributed by atoms with Gasteiger partial charge in [-0.25, -0.2) is 4.79 Å². The van der Waals surface area contributed by atoms with Crippen LogP contribution < -0.4 is 0 Å². The number of rotatable bonds is 1. The third kappa shape index (κ3) is 1.22. The van der Waals surface area contributed by atoms with E-state index in [1.807, 2.05) is 20.8 Å². The molecule has 4 heteroatoms. The number of hydrogen-bond donors (Lipinski definition) is 1. The van der Waals surface area contributed by atoms with Crippen molar-refractivity contribution in [2.45, 2.75) is 52.1 Å². The number of hydrogen-bond acceptors (Lipinski definition) is 3. The summed E-state index contributed by atoms with van der Waals surface area (Å²) in [5.41, 5.74) is -2.41. The van der Waals surface area contributed by atoms with Crippen LogP contribution in [0.25, 0.3) is 0 Å². The fourth-order valence-electron chi connectivity index (χ4n) is 2.69. The van der Waals surface area contributed by atoms with E-state index in [2.05, 4.69) is 0 Å². The van der Waals surface area contributed by atoms with Crippen LogP contribution in [0.3, 0.4) is 0 Å². The monoisotopic (exact) mass is 226 g/mol. The van der Waals surface area contributed by atoms with Gasteiger partial charge in [0.25, 0.3) is 0 Å². The van der Waals surface area contributed by atoms with Crippen LogP contribution >= 0.6 is 0 Å². The molecule has 1 saturated carbocycles. The molecule has 0 radical (unpaired) electrons. The van der Waals surface area contributed by atoms with Crippen LogP contribution in [0.4, 0.5) is 0 Å². The Bertz CT molecular complexity index is 349. The first kappa shape index (κ1) is 11.4. The van der Waals surface area contributed by atoms with Gasteiger partial charge in [-0.1, -0.05) is 27.2 Å². The molecule has 90 valence electrons. The highest BCUT2D eigenvalue weighted by Crippen LogP contribution is 2.57. The van der Waals surface area contributed by atoms with E-state index in [0.717, 1.165) is 19.3 Å². The molecule has 16 heavy (non-hydrogen) atoms. The second kappa shape index (κ2) is 2.99. The first-order valence-corrected chi connectivity index (χ1v) is 5.70. The lowest BCUT2D eigenvalue weighted by Gasteiger charge is -2.38. The Morgan fingerprint density at radius 3 is 2.12 bits per heavy atom. The van der Waals surface area contributed by atoms with Gasteiger partial charge in [0.05, 0.1) is 5.41 Å². The van der Waals surface area contributed by atoms with Crippen molar-refractivity contribution >= 4 is 11.9 Å². The normalized spacial score (nSPS) is 32.3. The number of carbonyl (C=O) groups is 2. The average Bonchev–Trinajstić information content (AvgIpc) is 2.37. The Morgan fingerprint density at radius 1 is 1.38 bits per heavy atom. The maximum absolute atomic E-state index is 11.9. The van der Waals surface area contributed by atoms with Gasteiger partial charge in [0, 0.05) is 11.8 Å². The summed E-state index contributed by atoms with van der Waals surface area (Å²) < 4.78 is 5.29. The van der Waals surface area contributed by atoms with Crippen molar-refractivity contribution in [2.24, 2.45) is 10.8 Å². The van der Waals surface area contributed by atoms with Crippen molar-refractivity contribution in [3.63, 3.8) is 0 Å². The van der Waals surface area contributed by atoms with Gasteiger partial charge in [0.1, 0.15) is 0 Å². The molecule has 2 fully saturated rings. The van der Waals surface area contributed by atoms with Crippen LogP contribution in [0.2, 0.25) is 0 Å². The SMILES string of the molecule is CC(C)(C)C1(C(=O)O)CC2(CCC2)C(=O)O1. The van der Waals surface area contributed by atoms with E-state index in [-0.39, 0.29) is 5.97 Å². The Hall–Kier alpha value is -1.06. The largest absolute Gasteiger partial charge is 0.478 e. The third-order valence-corrected chi connectivity index (χ3v) is 4.15. The number of aliphatic carboxylic acids is 1. The zero-order valence-corrected chi connectivity index (χ0v) is 10.0. The van der Waals surface area contributed by atoms with E-state index in [4.69, 9.17) is 4.74 Å². The van der Waals surface area contributed by atoms with E-state index in [1.165, 1.54) is 0 Å². The number of cyclic esters (lactones) is 1. The summed E-state index contributed by atoms with van der Waals surface area (Å²) in [5, 5.41) is 9.39. The zero-order chi connectivity index (χ0) is 12.2. The predicted molar refractivity (Wildman–Crippen MR) is 56.8 cm³/mol. The van der Waals surface area contributed by atoms with Crippen molar-refractivity contribution in [2.75, 3.05) is 0 Å². The molecule has 0 aromatic heterocycles. The second-order valence-electron chi connectivity index (χ2n) is 6.08. The standard InChI is InChI=1S/C12H18O4/c1-10(2,3)12(8(13)14)7-11(5-4-6-11)9(15)16-12/h4-7H2,1-3H3,(H,13,14). The number of esters is 1. The van der Waals surface area contributed by atoms with Gasteiger partial charge in [0.2, 0.25) is 5.60 Å². The molecule has 1 aliphatic carbocycles. The van der Waals surface area contributed by atoms with Crippen molar-refractivity contribution in [3.8, 4) is 0 Å². The summed E-state index contributed by atoms with van der Waals surface area (Å²) in [4.78, 5) is 23.3. The van der Waals surface area contributed by atoms with E-state index in [1.54, 1.807) is 0 Å². The molecular weight excluding hydrogens is 208 g/mol. The van der Waals surface area contributed by atoms with Crippen LogP contribution in [0.15, 0.2) is 0 Å². The van der Waals surface area contributed by atoms with E-state index >= 15 is 0 Å². The van der Waals surface area contributed by atoms with Crippen molar-refractivity contribution in [3.05, 3.63) is 0 Å². The fraction of sp³-hybridized carbons (Fsp3) is 0.833. The minimum Gasteiger partial charge on any atom is -0.478 e. The Morgan fingerprint density at radius 2 is 1.94 bits per heavy atom. The van der Waals surface area contributed by atoms with Gasteiger partial charge in [0.15, 0.2) is 0 Å². The Balaban J connectivity index is 2.38. The lowest BCUT2D eigenvalue weighted by molar-refractivity contribution is -0.182. The van der Waals surface area contributed by atoms with Gasteiger partial charge in [-0.3, -0.25) is 4.79 Å². The minimum absolute atomic E-state index is 0.309. The topological polar surface area (TPSA) is 63.6 Å². The number of ether oxygens (including phenoxy) is 1. The maximum atomic E-state index is 11.9.